The van der Waals surface area contributed by atoms with Crippen LogP contribution in [-0.2, 0) is 5.41 Å². The number of nitrogens with zero attached hydrogens (tertiary/aromatic N) is 1. The smallest absolute Gasteiger partial charge is 0.336 e. The van der Waals surface area contributed by atoms with Gasteiger partial charge in [-0.2, -0.15) is 0 Å². The minimum Gasteiger partial charge on any atom is -0.478 e. The maximum absolute atomic E-state index is 11.5. The standard InChI is InChI=1S/C16H19NO2/c1-9-6-10(2)14-11(15(18)19)8-13(16(3,4)5)17-12(14)7-9/h6-8H,1-5H3,(H,18,19). The topological polar surface area (TPSA) is 50.2 Å². The summed E-state index contributed by atoms with van der Waals surface area (Å²) in [5.74, 6) is -0.898. The van der Waals surface area contributed by atoms with Gasteiger partial charge in [0.2, 0.25) is 0 Å². The Hall–Kier alpha value is -1.90. The molecule has 0 amide bonds. The zero-order valence-electron chi connectivity index (χ0n) is 12.0. The van der Waals surface area contributed by atoms with Crippen LogP contribution in [0.15, 0.2) is 18.2 Å². The van der Waals surface area contributed by atoms with Gasteiger partial charge < -0.3 is 5.11 Å². The van der Waals surface area contributed by atoms with Crippen molar-refractivity contribution in [1.82, 2.24) is 4.98 Å². The summed E-state index contributed by atoms with van der Waals surface area (Å²) >= 11 is 0. The van der Waals surface area contributed by atoms with Gasteiger partial charge in [0.25, 0.3) is 0 Å². The molecule has 0 saturated carbocycles. The SMILES string of the molecule is Cc1cc(C)c2c(C(=O)O)cc(C(C)(C)C)nc2c1. The fourth-order valence-electron chi connectivity index (χ4n) is 2.31. The Morgan fingerprint density at radius 1 is 1.16 bits per heavy atom. The Kier molecular flexibility index (Phi) is 3.09. The normalized spacial score (nSPS) is 11.8. The van der Waals surface area contributed by atoms with E-state index in [-0.39, 0.29) is 5.41 Å². The summed E-state index contributed by atoms with van der Waals surface area (Å²) < 4.78 is 0. The van der Waals surface area contributed by atoms with E-state index in [1.54, 1.807) is 6.07 Å². The highest BCUT2D eigenvalue weighted by molar-refractivity contribution is 6.04. The summed E-state index contributed by atoms with van der Waals surface area (Å²) in [7, 11) is 0. The molecule has 0 saturated heterocycles. The maximum Gasteiger partial charge on any atom is 0.336 e. The molecule has 0 aliphatic rings. The summed E-state index contributed by atoms with van der Waals surface area (Å²) in [5.41, 5.74) is 3.80. The molecule has 1 heterocycles. The molecular weight excluding hydrogens is 238 g/mol. The summed E-state index contributed by atoms with van der Waals surface area (Å²) in [6.45, 7) is 10.0. The first-order valence-electron chi connectivity index (χ1n) is 6.36. The van der Waals surface area contributed by atoms with Crippen molar-refractivity contribution in [2.75, 3.05) is 0 Å². The maximum atomic E-state index is 11.5. The molecular formula is C16H19NO2. The molecule has 0 unspecified atom stereocenters. The van der Waals surface area contributed by atoms with Crippen LogP contribution in [0.1, 0.15) is 48.0 Å². The van der Waals surface area contributed by atoms with Crippen LogP contribution in [0.25, 0.3) is 10.9 Å². The van der Waals surface area contributed by atoms with Crippen molar-refractivity contribution in [3.8, 4) is 0 Å². The molecule has 2 aromatic rings. The van der Waals surface area contributed by atoms with Crippen molar-refractivity contribution >= 4 is 16.9 Å². The predicted molar refractivity (Wildman–Crippen MR) is 76.9 cm³/mol. The molecule has 3 nitrogen and oxygen atoms in total. The Morgan fingerprint density at radius 3 is 2.32 bits per heavy atom. The van der Waals surface area contributed by atoms with E-state index in [9.17, 15) is 9.90 Å². The molecule has 1 aromatic carbocycles. The second-order valence-corrected chi connectivity index (χ2v) is 6.09. The van der Waals surface area contributed by atoms with Crippen molar-refractivity contribution in [2.24, 2.45) is 0 Å². The van der Waals surface area contributed by atoms with Crippen LogP contribution in [0.5, 0.6) is 0 Å². The zero-order chi connectivity index (χ0) is 14.4. The Labute approximate surface area is 113 Å². The number of aromatic nitrogens is 1. The lowest BCUT2D eigenvalue weighted by atomic mass is 9.89. The third-order valence-electron chi connectivity index (χ3n) is 3.25. The van der Waals surface area contributed by atoms with E-state index < -0.39 is 5.97 Å². The summed E-state index contributed by atoms with van der Waals surface area (Å²) in [6, 6.07) is 5.64. The Balaban J connectivity index is 2.92. The van der Waals surface area contributed by atoms with E-state index in [2.05, 4.69) is 4.98 Å². The molecule has 0 aliphatic carbocycles. The first-order valence-corrected chi connectivity index (χ1v) is 6.36. The van der Waals surface area contributed by atoms with Gasteiger partial charge in [0, 0.05) is 16.5 Å². The molecule has 19 heavy (non-hydrogen) atoms. The van der Waals surface area contributed by atoms with E-state index in [0.29, 0.717) is 5.56 Å². The summed E-state index contributed by atoms with van der Waals surface area (Å²) in [5, 5.41) is 10.2. The molecule has 0 radical (unpaired) electrons. The number of carboxylic acids is 1. The highest BCUT2D eigenvalue weighted by Gasteiger charge is 2.21. The van der Waals surface area contributed by atoms with Crippen molar-refractivity contribution < 1.29 is 9.90 Å². The number of carboxylic acid groups (broad SMARTS) is 1. The fraction of sp³-hybridized carbons (Fsp3) is 0.375. The molecule has 1 aromatic heterocycles. The fourth-order valence-corrected chi connectivity index (χ4v) is 2.31. The lowest BCUT2D eigenvalue weighted by Crippen LogP contribution is -2.15. The minimum atomic E-state index is -0.898. The van der Waals surface area contributed by atoms with Crippen LogP contribution in [0.3, 0.4) is 0 Å². The lowest BCUT2D eigenvalue weighted by molar-refractivity contribution is 0.0698. The number of benzene rings is 1. The molecule has 0 spiro atoms. The van der Waals surface area contributed by atoms with Crippen LogP contribution < -0.4 is 0 Å². The number of hydrogen-bond acceptors (Lipinski definition) is 2. The van der Waals surface area contributed by atoms with Crippen molar-refractivity contribution in [3.63, 3.8) is 0 Å². The van der Waals surface area contributed by atoms with E-state index in [0.717, 1.165) is 27.7 Å². The number of pyridine rings is 1. The van der Waals surface area contributed by atoms with Gasteiger partial charge >= 0.3 is 5.97 Å². The van der Waals surface area contributed by atoms with E-state index in [4.69, 9.17) is 0 Å². The predicted octanol–water partition coefficient (Wildman–Crippen LogP) is 3.85. The molecule has 100 valence electrons. The minimum absolute atomic E-state index is 0.171. The van der Waals surface area contributed by atoms with Crippen molar-refractivity contribution in [3.05, 3.63) is 40.6 Å². The highest BCUT2D eigenvalue weighted by atomic mass is 16.4. The molecule has 0 fully saturated rings. The van der Waals surface area contributed by atoms with Gasteiger partial charge in [-0.3, -0.25) is 4.98 Å². The van der Waals surface area contributed by atoms with Crippen LogP contribution in [0.2, 0.25) is 0 Å². The van der Waals surface area contributed by atoms with E-state index in [1.807, 2.05) is 46.8 Å². The van der Waals surface area contributed by atoms with Gasteiger partial charge in [-0.1, -0.05) is 26.8 Å². The molecule has 1 N–H and O–H groups in total. The molecule has 0 atom stereocenters. The van der Waals surface area contributed by atoms with Gasteiger partial charge in [-0.15, -0.1) is 0 Å². The number of fused-ring (bicyclic) bond motifs is 1. The van der Waals surface area contributed by atoms with E-state index in [1.165, 1.54) is 0 Å². The van der Waals surface area contributed by atoms with Gasteiger partial charge in [-0.25, -0.2) is 4.79 Å². The summed E-state index contributed by atoms with van der Waals surface area (Å²) in [4.78, 5) is 16.2. The lowest BCUT2D eigenvalue weighted by Gasteiger charge is -2.20. The van der Waals surface area contributed by atoms with Gasteiger partial charge in [-0.05, 0) is 37.1 Å². The quantitative estimate of drug-likeness (QED) is 0.844. The average molecular weight is 257 g/mol. The van der Waals surface area contributed by atoms with Crippen LogP contribution in [0, 0.1) is 13.8 Å². The Morgan fingerprint density at radius 2 is 1.79 bits per heavy atom. The second kappa shape index (κ2) is 4.34. The van der Waals surface area contributed by atoms with Crippen molar-refractivity contribution in [1.29, 1.82) is 0 Å². The second-order valence-electron chi connectivity index (χ2n) is 6.09. The number of hydrogen-bond donors (Lipinski definition) is 1. The number of aryl methyl sites for hydroxylation is 2. The van der Waals surface area contributed by atoms with Gasteiger partial charge in [0.15, 0.2) is 0 Å². The van der Waals surface area contributed by atoms with Crippen LogP contribution >= 0.6 is 0 Å². The number of aromatic carboxylic acids is 1. The monoisotopic (exact) mass is 257 g/mol. The van der Waals surface area contributed by atoms with Gasteiger partial charge in [0.1, 0.15) is 0 Å². The molecule has 0 aliphatic heterocycles. The van der Waals surface area contributed by atoms with Crippen LogP contribution in [0.4, 0.5) is 0 Å². The first-order chi connectivity index (χ1) is 8.70. The first kappa shape index (κ1) is 13.5. The average Bonchev–Trinajstić information content (AvgIpc) is 2.25. The molecule has 0 bridgehead atoms. The Bertz CT molecular complexity index is 666. The largest absolute Gasteiger partial charge is 0.478 e. The third kappa shape index (κ3) is 2.46. The molecule has 3 heteroatoms. The highest BCUT2D eigenvalue weighted by Crippen LogP contribution is 2.28. The van der Waals surface area contributed by atoms with Gasteiger partial charge in [0.05, 0.1) is 11.1 Å². The van der Waals surface area contributed by atoms with Crippen molar-refractivity contribution in [2.45, 2.75) is 40.0 Å². The zero-order valence-corrected chi connectivity index (χ0v) is 12.0. The third-order valence-corrected chi connectivity index (χ3v) is 3.25. The summed E-state index contributed by atoms with van der Waals surface area (Å²) in [6.07, 6.45) is 0. The van der Waals surface area contributed by atoms with E-state index >= 15 is 0 Å². The van der Waals surface area contributed by atoms with Crippen LogP contribution in [-0.4, -0.2) is 16.1 Å². The number of carbonyl (C=O) groups is 1. The molecule has 2 rings (SSSR count). The number of rotatable bonds is 1.